The summed E-state index contributed by atoms with van der Waals surface area (Å²) in [5.41, 5.74) is 6.51. The largest absolute Gasteiger partial charge is 0.328 e. The zero-order valence-electron chi connectivity index (χ0n) is 9.51. The van der Waals surface area contributed by atoms with Gasteiger partial charge in [-0.15, -0.1) is 0 Å². The van der Waals surface area contributed by atoms with Crippen molar-refractivity contribution in [2.24, 2.45) is 5.73 Å². The minimum atomic E-state index is -3.63. The van der Waals surface area contributed by atoms with E-state index < -0.39 is 10.1 Å². The van der Waals surface area contributed by atoms with Gasteiger partial charge in [0, 0.05) is 6.04 Å². The molecule has 0 heterocycles. The van der Waals surface area contributed by atoms with E-state index in [0.717, 1.165) is 5.56 Å². The highest BCUT2D eigenvalue weighted by molar-refractivity contribution is 7.86. The molecule has 5 heteroatoms. The van der Waals surface area contributed by atoms with Gasteiger partial charge in [-0.25, -0.2) is 0 Å². The van der Waals surface area contributed by atoms with Crippen molar-refractivity contribution in [1.82, 2.24) is 0 Å². The second kappa shape index (κ2) is 5.43. The fourth-order valence-electron chi connectivity index (χ4n) is 1.12. The third-order valence-corrected chi connectivity index (χ3v) is 3.45. The zero-order chi connectivity index (χ0) is 12.2. The Kier molecular flexibility index (Phi) is 4.46. The smallest absolute Gasteiger partial charge is 0.296 e. The van der Waals surface area contributed by atoms with E-state index in [1.807, 2.05) is 13.8 Å². The summed E-state index contributed by atoms with van der Waals surface area (Å²) in [6.45, 7) is 3.82. The predicted octanol–water partition coefficient (Wildman–Crippen LogP) is 1.44. The average Bonchev–Trinajstić information content (AvgIpc) is 2.17. The van der Waals surface area contributed by atoms with E-state index in [1.165, 1.54) is 12.1 Å². The van der Waals surface area contributed by atoms with Gasteiger partial charge in [0.25, 0.3) is 10.1 Å². The van der Waals surface area contributed by atoms with Crippen LogP contribution in [0.25, 0.3) is 0 Å². The summed E-state index contributed by atoms with van der Waals surface area (Å²) in [7, 11) is -3.63. The molecule has 0 saturated carbocycles. The Bertz CT molecular complexity index is 423. The van der Waals surface area contributed by atoms with E-state index >= 15 is 0 Å². The Morgan fingerprint density at radius 1 is 1.31 bits per heavy atom. The monoisotopic (exact) mass is 243 g/mol. The van der Waals surface area contributed by atoms with E-state index in [-0.39, 0.29) is 17.5 Å². The molecule has 1 aromatic carbocycles. The van der Waals surface area contributed by atoms with E-state index in [9.17, 15) is 8.42 Å². The first-order valence-corrected chi connectivity index (χ1v) is 6.54. The molecular formula is C11H17NO3S. The lowest BCUT2D eigenvalue weighted by atomic mass is 10.2. The fraction of sp³-hybridized carbons (Fsp3) is 0.455. The van der Waals surface area contributed by atoms with Crippen molar-refractivity contribution in [3.8, 4) is 0 Å². The van der Waals surface area contributed by atoms with E-state index in [0.29, 0.717) is 6.42 Å². The number of rotatable bonds is 5. The minimum absolute atomic E-state index is 0.0618. The van der Waals surface area contributed by atoms with Crippen LogP contribution in [-0.4, -0.2) is 21.1 Å². The first-order valence-electron chi connectivity index (χ1n) is 5.13. The topological polar surface area (TPSA) is 69.4 Å². The lowest BCUT2D eigenvalue weighted by Crippen LogP contribution is -2.18. The molecule has 0 aromatic heterocycles. The maximum atomic E-state index is 11.7. The van der Waals surface area contributed by atoms with Crippen LogP contribution in [0.3, 0.4) is 0 Å². The molecule has 0 fully saturated rings. The van der Waals surface area contributed by atoms with Crippen LogP contribution in [0, 0.1) is 6.92 Å². The molecule has 0 spiro atoms. The zero-order valence-corrected chi connectivity index (χ0v) is 10.3. The maximum absolute atomic E-state index is 11.7. The SMILES string of the molecule is Cc1ccc(S(=O)(=O)OCCC(C)N)cc1. The number of hydrogen-bond donors (Lipinski definition) is 1. The van der Waals surface area contributed by atoms with Gasteiger partial charge in [-0.05, 0) is 32.4 Å². The summed E-state index contributed by atoms with van der Waals surface area (Å²) in [5, 5.41) is 0. The molecule has 16 heavy (non-hydrogen) atoms. The van der Waals surface area contributed by atoms with Gasteiger partial charge < -0.3 is 5.73 Å². The van der Waals surface area contributed by atoms with Crippen molar-refractivity contribution in [2.45, 2.75) is 31.2 Å². The normalized spacial score (nSPS) is 13.7. The lowest BCUT2D eigenvalue weighted by Gasteiger charge is -2.07. The highest BCUT2D eigenvalue weighted by Crippen LogP contribution is 2.13. The molecule has 0 bridgehead atoms. The van der Waals surface area contributed by atoms with Crippen LogP contribution in [0.2, 0.25) is 0 Å². The Hall–Kier alpha value is -0.910. The van der Waals surface area contributed by atoms with Crippen molar-refractivity contribution in [2.75, 3.05) is 6.61 Å². The summed E-state index contributed by atoms with van der Waals surface area (Å²) in [4.78, 5) is 0.183. The van der Waals surface area contributed by atoms with Crippen LogP contribution >= 0.6 is 0 Å². The molecule has 1 aromatic rings. The van der Waals surface area contributed by atoms with Crippen molar-refractivity contribution in [3.05, 3.63) is 29.8 Å². The van der Waals surface area contributed by atoms with Crippen LogP contribution in [0.5, 0.6) is 0 Å². The maximum Gasteiger partial charge on any atom is 0.296 e. The Balaban J connectivity index is 2.67. The lowest BCUT2D eigenvalue weighted by molar-refractivity contribution is 0.303. The number of hydrogen-bond acceptors (Lipinski definition) is 4. The second-order valence-electron chi connectivity index (χ2n) is 3.86. The fourth-order valence-corrected chi connectivity index (χ4v) is 2.04. The number of aryl methyl sites for hydroxylation is 1. The molecule has 0 aliphatic heterocycles. The standard InChI is InChI=1S/C11H17NO3S/c1-9-3-5-11(6-4-9)16(13,14)15-8-7-10(2)12/h3-6,10H,7-8,12H2,1-2H3. The number of nitrogens with two attached hydrogens (primary N) is 1. The molecule has 1 rings (SSSR count). The molecule has 0 saturated heterocycles. The van der Waals surface area contributed by atoms with Crippen molar-refractivity contribution in [1.29, 1.82) is 0 Å². The molecule has 2 N–H and O–H groups in total. The van der Waals surface area contributed by atoms with Crippen LogP contribution in [0.15, 0.2) is 29.2 Å². The Morgan fingerprint density at radius 2 is 1.88 bits per heavy atom. The molecule has 90 valence electrons. The molecular weight excluding hydrogens is 226 g/mol. The predicted molar refractivity (Wildman–Crippen MR) is 62.6 cm³/mol. The van der Waals surface area contributed by atoms with Gasteiger partial charge in [-0.1, -0.05) is 17.7 Å². The Morgan fingerprint density at radius 3 is 2.38 bits per heavy atom. The molecule has 0 amide bonds. The molecule has 0 aliphatic rings. The summed E-state index contributed by atoms with van der Waals surface area (Å²) in [5.74, 6) is 0. The van der Waals surface area contributed by atoms with Gasteiger partial charge in [0.1, 0.15) is 0 Å². The molecule has 0 aliphatic carbocycles. The van der Waals surface area contributed by atoms with Gasteiger partial charge in [-0.3, -0.25) is 4.18 Å². The van der Waals surface area contributed by atoms with Gasteiger partial charge in [0.15, 0.2) is 0 Å². The first kappa shape index (κ1) is 13.2. The van der Waals surface area contributed by atoms with Crippen LogP contribution in [-0.2, 0) is 14.3 Å². The highest BCUT2D eigenvalue weighted by Gasteiger charge is 2.14. The van der Waals surface area contributed by atoms with Gasteiger partial charge in [0.2, 0.25) is 0 Å². The molecule has 1 atom stereocenters. The van der Waals surface area contributed by atoms with Gasteiger partial charge in [-0.2, -0.15) is 8.42 Å². The highest BCUT2D eigenvalue weighted by atomic mass is 32.2. The van der Waals surface area contributed by atoms with Crippen LogP contribution in [0.4, 0.5) is 0 Å². The quantitative estimate of drug-likeness (QED) is 0.794. The first-order chi connectivity index (χ1) is 7.42. The summed E-state index contributed by atoms with van der Waals surface area (Å²) in [6.07, 6.45) is 0.519. The van der Waals surface area contributed by atoms with Crippen molar-refractivity contribution < 1.29 is 12.6 Å². The van der Waals surface area contributed by atoms with Crippen molar-refractivity contribution in [3.63, 3.8) is 0 Å². The van der Waals surface area contributed by atoms with E-state index in [4.69, 9.17) is 9.92 Å². The van der Waals surface area contributed by atoms with Gasteiger partial charge >= 0.3 is 0 Å². The third-order valence-electron chi connectivity index (χ3n) is 2.12. The van der Waals surface area contributed by atoms with Crippen LogP contribution < -0.4 is 5.73 Å². The average molecular weight is 243 g/mol. The summed E-state index contributed by atoms with van der Waals surface area (Å²) in [6, 6.07) is 6.49. The van der Waals surface area contributed by atoms with Crippen LogP contribution in [0.1, 0.15) is 18.9 Å². The Labute approximate surface area is 96.5 Å². The molecule has 1 unspecified atom stereocenters. The van der Waals surface area contributed by atoms with Crippen molar-refractivity contribution >= 4 is 10.1 Å². The summed E-state index contributed by atoms with van der Waals surface area (Å²) >= 11 is 0. The minimum Gasteiger partial charge on any atom is -0.328 e. The molecule has 4 nitrogen and oxygen atoms in total. The van der Waals surface area contributed by atoms with E-state index in [2.05, 4.69) is 0 Å². The third kappa shape index (κ3) is 3.92. The van der Waals surface area contributed by atoms with Gasteiger partial charge in [0.05, 0.1) is 11.5 Å². The second-order valence-corrected chi connectivity index (χ2v) is 5.47. The van der Waals surface area contributed by atoms with E-state index in [1.54, 1.807) is 12.1 Å². The number of benzene rings is 1. The molecule has 0 radical (unpaired) electrons. The summed E-state index contributed by atoms with van der Waals surface area (Å²) < 4.78 is 28.2.